The maximum absolute atomic E-state index is 11.3. The molecule has 2 aliphatic carbocycles. The van der Waals surface area contributed by atoms with Crippen LogP contribution in [0.3, 0.4) is 0 Å². The lowest BCUT2D eigenvalue weighted by molar-refractivity contribution is -0.138. The van der Waals surface area contributed by atoms with E-state index >= 15 is 0 Å². The van der Waals surface area contributed by atoms with E-state index in [0.717, 1.165) is 17.4 Å². The van der Waals surface area contributed by atoms with Gasteiger partial charge < -0.3 is 4.74 Å². The van der Waals surface area contributed by atoms with E-state index in [4.69, 9.17) is 4.74 Å². The first-order chi connectivity index (χ1) is 6.25. The van der Waals surface area contributed by atoms with Gasteiger partial charge in [-0.05, 0) is 37.5 Å². The summed E-state index contributed by atoms with van der Waals surface area (Å²) in [6, 6.07) is 0. The zero-order valence-corrected chi connectivity index (χ0v) is 8.08. The lowest BCUT2D eigenvalue weighted by atomic mass is 10.1. The third kappa shape index (κ3) is 1.38. The molecule has 2 rings (SSSR count). The van der Waals surface area contributed by atoms with Gasteiger partial charge in [-0.3, -0.25) is 0 Å². The maximum Gasteiger partial charge on any atom is 0.333 e. The molecule has 0 heterocycles. The van der Waals surface area contributed by atoms with E-state index in [0.29, 0.717) is 12.5 Å². The van der Waals surface area contributed by atoms with Gasteiger partial charge in [0, 0.05) is 5.57 Å². The largest absolute Gasteiger partial charge is 0.463 e. The Bertz CT molecular complexity index is 234. The molecular formula is C11H16O2. The second-order valence-corrected chi connectivity index (χ2v) is 4.03. The molecule has 0 N–H and O–H groups in total. The van der Waals surface area contributed by atoms with Crippen LogP contribution in [-0.4, -0.2) is 12.6 Å². The third-order valence-electron chi connectivity index (χ3n) is 3.35. The van der Waals surface area contributed by atoms with Crippen molar-refractivity contribution in [3.05, 3.63) is 12.2 Å². The fourth-order valence-corrected chi connectivity index (χ4v) is 2.70. The fourth-order valence-electron chi connectivity index (χ4n) is 2.70. The van der Waals surface area contributed by atoms with Gasteiger partial charge >= 0.3 is 5.97 Å². The Hall–Kier alpha value is -0.790. The standard InChI is InChI=1S/C11H16O2/c1-3-13-11(12)7(2)10-8-5-4-6-9(8)10/h8-10H,2-6H2,1H3/t8-,9+,10?. The number of rotatable bonds is 3. The van der Waals surface area contributed by atoms with E-state index < -0.39 is 0 Å². The number of hydrogen-bond donors (Lipinski definition) is 0. The predicted octanol–water partition coefficient (Wildman–Crippen LogP) is 2.15. The normalized spacial score (nSPS) is 35.3. The Balaban J connectivity index is 1.89. The topological polar surface area (TPSA) is 26.3 Å². The van der Waals surface area contributed by atoms with Gasteiger partial charge in [0.1, 0.15) is 0 Å². The molecule has 72 valence electrons. The van der Waals surface area contributed by atoms with Crippen LogP contribution >= 0.6 is 0 Å². The highest BCUT2D eigenvalue weighted by Gasteiger charge is 2.55. The van der Waals surface area contributed by atoms with Crippen molar-refractivity contribution < 1.29 is 9.53 Å². The molecular weight excluding hydrogens is 164 g/mol. The van der Waals surface area contributed by atoms with Crippen molar-refractivity contribution in [1.82, 2.24) is 0 Å². The van der Waals surface area contributed by atoms with Gasteiger partial charge in [-0.1, -0.05) is 13.0 Å². The predicted molar refractivity (Wildman–Crippen MR) is 50.1 cm³/mol. The summed E-state index contributed by atoms with van der Waals surface area (Å²) in [5, 5.41) is 0. The van der Waals surface area contributed by atoms with Gasteiger partial charge in [0.15, 0.2) is 0 Å². The van der Waals surface area contributed by atoms with Crippen molar-refractivity contribution in [2.75, 3.05) is 6.61 Å². The number of esters is 1. The first-order valence-corrected chi connectivity index (χ1v) is 5.11. The van der Waals surface area contributed by atoms with E-state index in [2.05, 4.69) is 6.58 Å². The Kier molecular flexibility index (Phi) is 2.14. The van der Waals surface area contributed by atoms with Crippen molar-refractivity contribution in [1.29, 1.82) is 0 Å². The van der Waals surface area contributed by atoms with Crippen molar-refractivity contribution in [3.63, 3.8) is 0 Å². The first kappa shape index (κ1) is 8.79. The number of carbonyl (C=O) groups excluding carboxylic acids is 1. The number of fused-ring (bicyclic) bond motifs is 1. The van der Waals surface area contributed by atoms with Crippen molar-refractivity contribution in [2.45, 2.75) is 26.2 Å². The molecule has 0 spiro atoms. The van der Waals surface area contributed by atoms with Gasteiger partial charge in [-0.25, -0.2) is 4.79 Å². The molecule has 2 aliphatic rings. The van der Waals surface area contributed by atoms with Crippen molar-refractivity contribution in [2.24, 2.45) is 17.8 Å². The summed E-state index contributed by atoms with van der Waals surface area (Å²) in [6.07, 6.45) is 3.91. The van der Waals surface area contributed by atoms with Gasteiger partial charge in [0.25, 0.3) is 0 Å². The zero-order chi connectivity index (χ0) is 9.42. The molecule has 2 heteroatoms. The van der Waals surface area contributed by atoms with Crippen LogP contribution in [-0.2, 0) is 9.53 Å². The van der Waals surface area contributed by atoms with E-state index in [1.54, 1.807) is 0 Å². The van der Waals surface area contributed by atoms with Crippen LogP contribution in [0.1, 0.15) is 26.2 Å². The van der Waals surface area contributed by atoms with Crippen LogP contribution in [0.15, 0.2) is 12.2 Å². The number of ether oxygens (including phenoxy) is 1. The summed E-state index contributed by atoms with van der Waals surface area (Å²) < 4.78 is 4.93. The molecule has 0 aromatic carbocycles. The molecule has 0 aromatic heterocycles. The highest BCUT2D eigenvalue weighted by molar-refractivity contribution is 5.89. The summed E-state index contributed by atoms with van der Waals surface area (Å²) in [4.78, 5) is 11.3. The molecule has 0 aromatic rings. The molecule has 0 bridgehead atoms. The van der Waals surface area contributed by atoms with Crippen molar-refractivity contribution in [3.8, 4) is 0 Å². The molecule has 2 fully saturated rings. The highest BCUT2D eigenvalue weighted by atomic mass is 16.5. The lowest BCUT2D eigenvalue weighted by Gasteiger charge is -2.06. The molecule has 13 heavy (non-hydrogen) atoms. The average Bonchev–Trinajstić information content (AvgIpc) is 2.58. The monoisotopic (exact) mass is 180 g/mol. The summed E-state index contributed by atoms with van der Waals surface area (Å²) in [7, 11) is 0. The van der Waals surface area contributed by atoms with E-state index in [-0.39, 0.29) is 5.97 Å². The van der Waals surface area contributed by atoms with Crippen LogP contribution in [0.5, 0.6) is 0 Å². The van der Waals surface area contributed by atoms with Crippen LogP contribution < -0.4 is 0 Å². The number of hydrogen-bond acceptors (Lipinski definition) is 2. The molecule has 3 atom stereocenters. The Labute approximate surface area is 79.0 Å². The molecule has 0 saturated heterocycles. The minimum Gasteiger partial charge on any atom is -0.463 e. The molecule has 2 saturated carbocycles. The maximum atomic E-state index is 11.3. The van der Waals surface area contributed by atoms with Gasteiger partial charge in [0.05, 0.1) is 6.61 Å². The van der Waals surface area contributed by atoms with E-state index in [9.17, 15) is 4.79 Å². The van der Waals surface area contributed by atoms with Crippen LogP contribution in [0.4, 0.5) is 0 Å². The van der Waals surface area contributed by atoms with Crippen molar-refractivity contribution >= 4 is 5.97 Å². The van der Waals surface area contributed by atoms with Crippen LogP contribution in [0.25, 0.3) is 0 Å². The fraction of sp³-hybridized carbons (Fsp3) is 0.727. The smallest absolute Gasteiger partial charge is 0.333 e. The SMILES string of the molecule is C=C(C(=O)OCC)C1[C@H]2CCC[C@@H]12. The quantitative estimate of drug-likeness (QED) is 0.491. The summed E-state index contributed by atoms with van der Waals surface area (Å²) in [5.41, 5.74) is 0.719. The molecule has 1 unspecified atom stereocenters. The molecule has 0 aliphatic heterocycles. The zero-order valence-electron chi connectivity index (χ0n) is 8.08. The van der Waals surface area contributed by atoms with E-state index in [1.807, 2.05) is 6.92 Å². The minimum absolute atomic E-state index is 0.179. The second kappa shape index (κ2) is 3.17. The van der Waals surface area contributed by atoms with Gasteiger partial charge in [-0.15, -0.1) is 0 Å². The Morgan fingerprint density at radius 2 is 2.08 bits per heavy atom. The van der Waals surface area contributed by atoms with E-state index in [1.165, 1.54) is 19.3 Å². The number of carbonyl (C=O) groups is 1. The summed E-state index contributed by atoms with van der Waals surface area (Å²) >= 11 is 0. The highest BCUT2D eigenvalue weighted by Crippen LogP contribution is 2.60. The Morgan fingerprint density at radius 3 is 2.62 bits per heavy atom. The molecule has 0 amide bonds. The summed E-state index contributed by atoms with van der Waals surface area (Å²) in [6.45, 7) is 6.13. The Morgan fingerprint density at radius 1 is 1.46 bits per heavy atom. The van der Waals surface area contributed by atoms with Crippen LogP contribution in [0, 0.1) is 17.8 Å². The first-order valence-electron chi connectivity index (χ1n) is 5.11. The minimum atomic E-state index is -0.179. The summed E-state index contributed by atoms with van der Waals surface area (Å²) in [5.74, 6) is 1.81. The van der Waals surface area contributed by atoms with Crippen LogP contribution in [0.2, 0.25) is 0 Å². The van der Waals surface area contributed by atoms with Gasteiger partial charge in [-0.2, -0.15) is 0 Å². The van der Waals surface area contributed by atoms with Gasteiger partial charge in [0.2, 0.25) is 0 Å². The molecule has 0 radical (unpaired) electrons. The second-order valence-electron chi connectivity index (χ2n) is 4.03. The lowest BCUT2D eigenvalue weighted by Crippen LogP contribution is -2.10. The third-order valence-corrected chi connectivity index (χ3v) is 3.35. The molecule has 2 nitrogen and oxygen atoms in total. The average molecular weight is 180 g/mol.